The van der Waals surface area contributed by atoms with Gasteiger partial charge in [0.15, 0.2) is 0 Å². The average molecular weight is 154 g/mol. The highest BCUT2D eigenvalue weighted by atomic mass is 16.1. The van der Waals surface area contributed by atoms with Crippen molar-refractivity contribution in [3.63, 3.8) is 0 Å². The van der Waals surface area contributed by atoms with Crippen molar-refractivity contribution in [2.75, 3.05) is 20.1 Å². The van der Waals surface area contributed by atoms with Crippen LogP contribution in [-0.2, 0) is 4.79 Å². The molecule has 0 bridgehead atoms. The first-order valence-corrected chi connectivity index (χ1v) is 4.20. The molecular formula is C8H14N2O. The molecule has 3 nitrogen and oxygen atoms in total. The highest BCUT2D eigenvalue weighted by Gasteiger charge is 2.45. The zero-order valence-electron chi connectivity index (χ0n) is 6.89. The zero-order valence-corrected chi connectivity index (χ0v) is 6.89. The minimum atomic E-state index is 0.183. The number of likely N-dealkylation sites (N-methyl/N-ethyl adjacent to an activating group) is 1. The van der Waals surface area contributed by atoms with Crippen LogP contribution in [0.2, 0.25) is 0 Å². The lowest BCUT2D eigenvalue weighted by molar-refractivity contribution is -0.121. The van der Waals surface area contributed by atoms with Crippen LogP contribution in [0.25, 0.3) is 0 Å². The molecule has 2 aliphatic rings. The number of nitrogens with one attached hydrogen (secondary N) is 1. The van der Waals surface area contributed by atoms with E-state index in [1.165, 1.54) is 12.8 Å². The largest absolute Gasteiger partial charge is 0.349 e. The highest BCUT2D eigenvalue weighted by Crippen LogP contribution is 2.36. The first-order valence-electron chi connectivity index (χ1n) is 4.20. The fourth-order valence-electron chi connectivity index (χ4n) is 1.72. The summed E-state index contributed by atoms with van der Waals surface area (Å²) in [4.78, 5) is 13.4. The number of hydrogen-bond donors (Lipinski definition) is 1. The number of carbonyl (C=O) groups is 1. The topological polar surface area (TPSA) is 32.3 Å². The fraction of sp³-hybridized carbons (Fsp3) is 0.875. The van der Waals surface area contributed by atoms with Gasteiger partial charge in [0.1, 0.15) is 0 Å². The summed E-state index contributed by atoms with van der Waals surface area (Å²) in [5.41, 5.74) is 0.183. The minimum absolute atomic E-state index is 0.183. The molecule has 1 saturated heterocycles. The van der Waals surface area contributed by atoms with Gasteiger partial charge in [-0.05, 0) is 19.9 Å². The Bertz CT molecular complexity index is 187. The van der Waals surface area contributed by atoms with E-state index >= 15 is 0 Å². The van der Waals surface area contributed by atoms with E-state index in [2.05, 4.69) is 17.3 Å². The molecule has 11 heavy (non-hydrogen) atoms. The van der Waals surface area contributed by atoms with Crippen molar-refractivity contribution in [3.05, 3.63) is 0 Å². The molecule has 1 amide bonds. The van der Waals surface area contributed by atoms with Crippen molar-refractivity contribution >= 4 is 5.91 Å². The second-order valence-electron chi connectivity index (χ2n) is 3.82. The molecule has 62 valence electrons. The maximum Gasteiger partial charge on any atom is 0.221 e. The predicted molar refractivity (Wildman–Crippen MR) is 42.2 cm³/mol. The standard InChI is InChI=1S/C8H14N2O/c1-10-5-2-7(11)9-8(6-10)3-4-8/h2-6H2,1H3,(H,9,11). The molecule has 2 fully saturated rings. The smallest absolute Gasteiger partial charge is 0.221 e. The van der Waals surface area contributed by atoms with Gasteiger partial charge in [-0.2, -0.15) is 0 Å². The third kappa shape index (κ3) is 1.38. The lowest BCUT2D eigenvalue weighted by Crippen LogP contribution is -2.40. The summed E-state index contributed by atoms with van der Waals surface area (Å²) in [5.74, 6) is 0.229. The van der Waals surface area contributed by atoms with Gasteiger partial charge < -0.3 is 10.2 Å². The highest BCUT2D eigenvalue weighted by molar-refractivity contribution is 5.77. The third-order valence-electron chi connectivity index (χ3n) is 2.55. The molecule has 3 heteroatoms. The Hall–Kier alpha value is -0.570. The van der Waals surface area contributed by atoms with Gasteiger partial charge in [-0.15, -0.1) is 0 Å². The van der Waals surface area contributed by atoms with Gasteiger partial charge in [-0.25, -0.2) is 0 Å². The predicted octanol–water partition coefficient (Wildman–Crippen LogP) is -0.0293. The van der Waals surface area contributed by atoms with Crippen LogP contribution < -0.4 is 5.32 Å². The number of rotatable bonds is 0. The molecule has 1 saturated carbocycles. The van der Waals surface area contributed by atoms with Gasteiger partial charge in [0.25, 0.3) is 0 Å². The molecule has 0 unspecified atom stereocenters. The van der Waals surface area contributed by atoms with E-state index in [0.717, 1.165) is 13.1 Å². The Morgan fingerprint density at radius 2 is 2.27 bits per heavy atom. The fourth-order valence-corrected chi connectivity index (χ4v) is 1.72. The van der Waals surface area contributed by atoms with Gasteiger partial charge in [0, 0.05) is 19.5 Å². The Balaban J connectivity index is 2.06. The summed E-state index contributed by atoms with van der Waals surface area (Å²) in [7, 11) is 2.08. The molecule has 1 N–H and O–H groups in total. The van der Waals surface area contributed by atoms with Crippen LogP contribution in [0.15, 0.2) is 0 Å². The van der Waals surface area contributed by atoms with E-state index in [9.17, 15) is 4.79 Å². The SMILES string of the molecule is CN1CCC(=O)NC2(CC2)C1. The van der Waals surface area contributed by atoms with Crippen LogP contribution in [0.3, 0.4) is 0 Å². The lowest BCUT2D eigenvalue weighted by atomic mass is 10.2. The summed E-state index contributed by atoms with van der Waals surface area (Å²) in [5, 5.41) is 3.08. The van der Waals surface area contributed by atoms with Crippen molar-refractivity contribution in [1.29, 1.82) is 0 Å². The van der Waals surface area contributed by atoms with E-state index in [0.29, 0.717) is 6.42 Å². The van der Waals surface area contributed by atoms with Crippen molar-refractivity contribution in [2.24, 2.45) is 0 Å². The summed E-state index contributed by atoms with van der Waals surface area (Å²) in [6, 6.07) is 0. The molecule has 0 atom stereocenters. The monoisotopic (exact) mass is 154 g/mol. The van der Waals surface area contributed by atoms with Crippen molar-refractivity contribution in [3.8, 4) is 0 Å². The second kappa shape index (κ2) is 2.21. The second-order valence-corrected chi connectivity index (χ2v) is 3.82. The lowest BCUT2D eigenvalue weighted by Gasteiger charge is -2.18. The summed E-state index contributed by atoms with van der Waals surface area (Å²) < 4.78 is 0. The summed E-state index contributed by atoms with van der Waals surface area (Å²) in [6.07, 6.45) is 3.00. The van der Waals surface area contributed by atoms with E-state index in [-0.39, 0.29) is 11.4 Å². The van der Waals surface area contributed by atoms with Gasteiger partial charge in [0.2, 0.25) is 5.91 Å². The Kier molecular flexibility index (Phi) is 1.42. The van der Waals surface area contributed by atoms with E-state index in [4.69, 9.17) is 0 Å². The molecule has 1 heterocycles. The van der Waals surface area contributed by atoms with Crippen molar-refractivity contribution < 1.29 is 4.79 Å². The molecule has 2 rings (SSSR count). The van der Waals surface area contributed by atoms with E-state index in [1.807, 2.05) is 0 Å². The molecular weight excluding hydrogens is 140 g/mol. The van der Waals surface area contributed by atoms with Gasteiger partial charge in [-0.1, -0.05) is 0 Å². The van der Waals surface area contributed by atoms with Gasteiger partial charge >= 0.3 is 0 Å². The Labute approximate surface area is 66.8 Å². The third-order valence-corrected chi connectivity index (χ3v) is 2.55. The quantitative estimate of drug-likeness (QED) is 0.531. The van der Waals surface area contributed by atoms with Crippen LogP contribution in [0.4, 0.5) is 0 Å². The zero-order chi connectivity index (χ0) is 7.90. The normalized spacial score (nSPS) is 29.7. The Morgan fingerprint density at radius 1 is 1.55 bits per heavy atom. The Morgan fingerprint density at radius 3 is 2.91 bits per heavy atom. The molecule has 1 aliphatic carbocycles. The summed E-state index contributed by atoms with van der Waals surface area (Å²) >= 11 is 0. The number of carbonyl (C=O) groups excluding carboxylic acids is 1. The number of nitrogens with zero attached hydrogens (tertiary/aromatic N) is 1. The minimum Gasteiger partial charge on any atom is -0.349 e. The molecule has 1 aliphatic heterocycles. The molecule has 1 spiro atoms. The van der Waals surface area contributed by atoms with E-state index in [1.54, 1.807) is 0 Å². The van der Waals surface area contributed by atoms with Crippen molar-refractivity contribution in [2.45, 2.75) is 24.8 Å². The van der Waals surface area contributed by atoms with Crippen LogP contribution in [0, 0.1) is 0 Å². The summed E-state index contributed by atoms with van der Waals surface area (Å²) in [6.45, 7) is 1.95. The first-order chi connectivity index (χ1) is 5.20. The van der Waals surface area contributed by atoms with E-state index < -0.39 is 0 Å². The molecule has 0 radical (unpaired) electrons. The number of hydrogen-bond acceptors (Lipinski definition) is 2. The number of amides is 1. The molecule has 0 aromatic heterocycles. The van der Waals surface area contributed by atoms with Crippen molar-refractivity contribution in [1.82, 2.24) is 10.2 Å². The van der Waals surface area contributed by atoms with Gasteiger partial charge in [-0.3, -0.25) is 4.79 Å². The van der Waals surface area contributed by atoms with Crippen LogP contribution in [0.1, 0.15) is 19.3 Å². The maximum absolute atomic E-state index is 11.1. The van der Waals surface area contributed by atoms with Crippen LogP contribution in [0.5, 0.6) is 0 Å². The molecule has 0 aromatic carbocycles. The maximum atomic E-state index is 11.1. The van der Waals surface area contributed by atoms with Crippen LogP contribution >= 0.6 is 0 Å². The first kappa shape index (κ1) is 7.10. The average Bonchev–Trinajstić information content (AvgIpc) is 2.66. The van der Waals surface area contributed by atoms with Gasteiger partial charge in [0.05, 0.1) is 5.54 Å². The molecule has 0 aromatic rings. The van der Waals surface area contributed by atoms with Crippen LogP contribution in [-0.4, -0.2) is 36.5 Å².